The zero-order valence-corrected chi connectivity index (χ0v) is 14.0. The van der Waals surface area contributed by atoms with Crippen molar-refractivity contribution in [2.45, 2.75) is 5.78 Å². The third-order valence-corrected chi connectivity index (χ3v) is 6.15. The molecule has 3 rings (SSSR count). The average molecular weight is 345 g/mol. The number of thiophene rings is 1. The molecule has 3 aromatic rings. The summed E-state index contributed by atoms with van der Waals surface area (Å²) in [7, 11) is -3.65. The highest BCUT2D eigenvalue weighted by Crippen LogP contribution is 2.58. The Balaban J connectivity index is 1.93. The highest BCUT2D eigenvalue weighted by atomic mass is 32.1. The summed E-state index contributed by atoms with van der Waals surface area (Å²) in [6.45, 7) is 0. The van der Waals surface area contributed by atoms with Crippen molar-refractivity contribution in [2.75, 3.05) is 0 Å². The molecule has 1 heterocycles. The van der Waals surface area contributed by atoms with Gasteiger partial charge in [0.05, 0.1) is 0 Å². The molecule has 23 heavy (non-hydrogen) atoms. The van der Waals surface area contributed by atoms with E-state index in [-0.39, 0.29) is 0 Å². The van der Waals surface area contributed by atoms with Crippen LogP contribution in [0.1, 0.15) is 10.7 Å². The first-order chi connectivity index (χ1) is 11.2. The van der Waals surface area contributed by atoms with E-state index in [0.29, 0.717) is 11.5 Å². The second kappa shape index (κ2) is 7.01. The summed E-state index contributed by atoms with van der Waals surface area (Å²) in [5.41, 5.74) is 6.21. The molecule has 0 aliphatic rings. The smallest absolute Gasteiger partial charge is 0.415 e. The Morgan fingerprint density at radius 1 is 0.826 bits per heavy atom. The predicted octanol–water partition coefficient (Wildman–Crippen LogP) is 5.06. The van der Waals surface area contributed by atoms with E-state index >= 15 is 0 Å². The molecule has 0 saturated heterocycles. The van der Waals surface area contributed by atoms with Crippen LogP contribution in [0.2, 0.25) is 0 Å². The number of nitrogens with two attached hydrogens (primary N) is 1. The fourth-order valence-corrected chi connectivity index (χ4v) is 4.68. The van der Waals surface area contributed by atoms with Crippen LogP contribution in [-0.2, 0) is 4.57 Å². The van der Waals surface area contributed by atoms with Gasteiger partial charge in [0.15, 0.2) is 5.78 Å². The maximum Gasteiger partial charge on any atom is 0.452 e. The first-order valence-corrected chi connectivity index (χ1v) is 9.54. The van der Waals surface area contributed by atoms with Gasteiger partial charge in [0.25, 0.3) is 0 Å². The van der Waals surface area contributed by atoms with E-state index in [4.69, 9.17) is 14.8 Å². The van der Waals surface area contributed by atoms with Crippen molar-refractivity contribution in [1.29, 1.82) is 0 Å². The van der Waals surface area contributed by atoms with Crippen molar-refractivity contribution in [3.63, 3.8) is 0 Å². The maximum absolute atomic E-state index is 13.4. The minimum Gasteiger partial charge on any atom is -0.415 e. The average Bonchev–Trinajstić information content (AvgIpc) is 3.10. The second-order valence-electron chi connectivity index (χ2n) is 4.81. The molecule has 0 amide bonds. The van der Waals surface area contributed by atoms with Gasteiger partial charge < -0.3 is 14.8 Å². The van der Waals surface area contributed by atoms with Crippen LogP contribution in [0, 0.1) is 0 Å². The lowest BCUT2D eigenvalue weighted by Gasteiger charge is -2.24. The van der Waals surface area contributed by atoms with Crippen molar-refractivity contribution >= 4 is 18.9 Å². The Morgan fingerprint density at radius 2 is 1.35 bits per heavy atom. The minimum atomic E-state index is -3.65. The number of hydrogen-bond donors (Lipinski definition) is 1. The molecule has 1 atom stereocenters. The summed E-state index contributed by atoms with van der Waals surface area (Å²) in [4.78, 5) is 0.750. The van der Waals surface area contributed by atoms with E-state index in [9.17, 15) is 4.57 Å². The quantitative estimate of drug-likeness (QED) is 0.635. The zero-order valence-electron chi connectivity index (χ0n) is 12.2. The molecule has 0 bridgehead atoms. The van der Waals surface area contributed by atoms with E-state index in [2.05, 4.69) is 0 Å². The minimum absolute atomic E-state index is 0.457. The zero-order chi connectivity index (χ0) is 16.1. The van der Waals surface area contributed by atoms with Gasteiger partial charge >= 0.3 is 7.60 Å². The van der Waals surface area contributed by atoms with Crippen molar-refractivity contribution in [1.82, 2.24) is 0 Å². The van der Waals surface area contributed by atoms with Gasteiger partial charge in [-0.25, -0.2) is 4.57 Å². The molecular formula is C17H16NO3PS. The summed E-state index contributed by atoms with van der Waals surface area (Å²) >= 11 is 1.42. The van der Waals surface area contributed by atoms with Gasteiger partial charge in [0.2, 0.25) is 0 Å². The summed E-state index contributed by atoms with van der Waals surface area (Å²) in [6.07, 6.45) is 0. The molecule has 0 aliphatic heterocycles. The van der Waals surface area contributed by atoms with Crippen molar-refractivity contribution in [3.8, 4) is 11.5 Å². The predicted molar refractivity (Wildman–Crippen MR) is 93.0 cm³/mol. The molecule has 0 aliphatic carbocycles. The molecule has 6 heteroatoms. The van der Waals surface area contributed by atoms with Crippen LogP contribution in [0.3, 0.4) is 0 Å². The van der Waals surface area contributed by atoms with Crippen molar-refractivity contribution in [3.05, 3.63) is 83.1 Å². The second-order valence-corrected chi connectivity index (χ2v) is 7.79. The van der Waals surface area contributed by atoms with Gasteiger partial charge in [-0.3, -0.25) is 0 Å². The van der Waals surface area contributed by atoms with E-state index in [1.54, 1.807) is 48.5 Å². The largest absolute Gasteiger partial charge is 0.452 e. The molecule has 0 radical (unpaired) electrons. The van der Waals surface area contributed by atoms with E-state index < -0.39 is 13.4 Å². The van der Waals surface area contributed by atoms with Crippen LogP contribution in [0.4, 0.5) is 0 Å². The summed E-state index contributed by atoms with van der Waals surface area (Å²) in [5.74, 6) is 0.0560. The van der Waals surface area contributed by atoms with E-state index in [1.807, 2.05) is 29.6 Å². The molecule has 0 fully saturated rings. The lowest BCUT2D eigenvalue weighted by molar-refractivity contribution is 0.374. The molecule has 1 unspecified atom stereocenters. The Hall–Kier alpha value is -2.07. The third kappa shape index (κ3) is 3.82. The van der Waals surface area contributed by atoms with Crippen LogP contribution in [-0.4, -0.2) is 0 Å². The van der Waals surface area contributed by atoms with Gasteiger partial charge in [-0.15, -0.1) is 11.3 Å². The number of hydrogen-bond acceptors (Lipinski definition) is 5. The normalized spacial score (nSPS) is 12.6. The van der Waals surface area contributed by atoms with Crippen LogP contribution in [0.25, 0.3) is 0 Å². The molecule has 4 nitrogen and oxygen atoms in total. The van der Waals surface area contributed by atoms with Gasteiger partial charge in [-0.2, -0.15) is 0 Å². The third-order valence-electron chi connectivity index (χ3n) is 3.13. The Morgan fingerprint density at radius 3 is 1.78 bits per heavy atom. The molecular weight excluding hydrogens is 329 g/mol. The number of benzene rings is 2. The summed E-state index contributed by atoms with van der Waals surface area (Å²) < 4.78 is 24.8. The Labute approximate surface area is 139 Å². The lowest BCUT2D eigenvalue weighted by Crippen LogP contribution is -2.17. The van der Waals surface area contributed by atoms with E-state index in [0.717, 1.165) is 4.88 Å². The topological polar surface area (TPSA) is 61.6 Å². The van der Waals surface area contributed by atoms with Crippen LogP contribution in [0.5, 0.6) is 11.5 Å². The molecule has 2 aromatic carbocycles. The monoisotopic (exact) mass is 345 g/mol. The number of para-hydroxylation sites is 2. The van der Waals surface area contributed by atoms with Crippen molar-refractivity contribution in [2.24, 2.45) is 5.73 Å². The molecule has 2 N–H and O–H groups in total. The van der Waals surface area contributed by atoms with Gasteiger partial charge in [0.1, 0.15) is 11.5 Å². The molecule has 118 valence electrons. The fourth-order valence-electron chi connectivity index (χ4n) is 2.00. The highest BCUT2D eigenvalue weighted by molar-refractivity contribution is 7.55. The highest BCUT2D eigenvalue weighted by Gasteiger charge is 2.38. The van der Waals surface area contributed by atoms with Gasteiger partial charge in [-0.1, -0.05) is 42.5 Å². The molecule has 0 spiro atoms. The van der Waals surface area contributed by atoms with Crippen LogP contribution in [0.15, 0.2) is 78.2 Å². The maximum atomic E-state index is 13.4. The lowest BCUT2D eigenvalue weighted by atomic mass is 10.3. The Kier molecular flexibility index (Phi) is 4.82. The van der Waals surface area contributed by atoms with Gasteiger partial charge in [-0.05, 0) is 35.7 Å². The first kappa shape index (κ1) is 15.8. The summed E-state index contributed by atoms with van der Waals surface area (Å²) in [6, 6.07) is 21.5. The standard InChI is InChI=1S/C17H16NO3PS/c18-17(16-12-7-13-23-16)22(19,20-14-8-3-1-4-9-14)21-15-10-5-2-6-11-15/h1-13,17H,18H2. The fraction of sp³-hybridized carbons (Fsp3) is 0.0588. The van der Waals surface area contributed by atoms with Gasteiger partial charge in [0, 0.05) is 4.88 Å². The first-order valence-electron chi connectivity index (χ1n) is 7.05. The van der Waals surface area contributed by atoms with Crippen LogP contribution < -0.4 is 14.8 Å². The number of rotatable bonds is 6. The Bertz CT molecular complexity index is 733. The van der Waals surface area contributed by atoms with Crippen molar-refractivity contribution < 1.29 is 13.6 Å². The molecule has 1 aromatic heterocycles. The summed E-state index contributed by atoms with van der Waals surface area (Å²) in [5, 5.41) is 1.88. The van der Waals surface area contributed by atoms with Crippen LogP contribution >= 0.6 is 18.9 Å². The SMILES string of the molecule is NC(c1cccs1)P(=O)(Oc1ccccc1)Oc1ccccc1. The van der Waals surface area contributed by atoms with E-state index in [1.165, 1.54) is 11.3 Å². The molecule has 0 saturated carbocycles.